The third-order valence-electron chi connectivity index (χ3n) is 5.66. The molecule has 0 atom stereocenters. The smallest absolute Gasteiger partial charge is 0.175 e. The van der Waals surface area contributed by atoms with Crippen LogP contribution in [-0.4, -0.2) is 20.2 Å². The first kappa shape index (κ1) is 22.8. The molecule has 0 spiro atoms. The van der Waals surface area contributed by atoms with Gasteiger partial charge in [0.2, 0.25) is 0 Å². The highest BCUT2D eigenvalue weighted by Gasteiger charge is 2.15. The highest BCUT2D eigenvalue weighted by molar-refractivity contribution is 9.10. The largest absolute Gasteiger partial charge is 0.493 e. The van der Waals surface area contributed by atoms with Crippen LogP contribution < -0.4 is 19.7 Å². The number of nitrogens with one attached hydrogen (secondary N) is 1. The Hall–Kier alpha value is -2.37. The van der Waals surface area contributed by atoms with Gasteiger partial charge < -0.3 is 19.7 Å². The number of piperidine rings is 1. The summed E-state index contributed by atoms with van der Waals surface area (Å²) in [6, 6.07) is 20.4. The number of benzene rings is 3. The molecule has 0 bridgehead atoms. The molecule has 0 saturated carbocycles. The van der Waals surface area contributed by atoms with E-state index in [4.69, 9.17) is 21.1 Å². The molecule has 0 aliphatic carbocycles. The zero-order valence-corrected chi connectivity index (χ0v) is 20.6. The van der Waals surface area contributed by atoms with Gasteiger partial charge in [-0.05, 0) is 76.7 Å². The number of nitrogens with zero attached hydrogens (tertiary/aromatic N) is 1. The Bertz CT molecular complexity index is 1040. The van der Waals surface area contributed by atoms with Crippen LogP contribution in [0, 0.1) is 0 Å². The maximum atomic E-state index is 6.60. The summed E-state index contributed by atoms with van der Waals surface area (Å²) < 4.78 is 12.5. The van der Waals surface area contributed by atoms with Crippen molar-refractivity contribution in [2.45, 2.75) is 32.4 Å². The molecule has 1 heterocycles. The van der Waals surface area contributed by atoms with Gasteiger partial charge in [0.25, 0.3) is 0 Å². The number of methoxy groups -OCH3 is 1. The summed E-state index contributed by atoms with van der Waals surface area (Å²) in [7, 11) is 1.66. The van der Waals surface area contributed by atoms with Crippen molar-refractivity contribution in [1.82, 2.24) is 0 Å². The Morgan fingerprint density at radius 2 is 1.75 bits per heavy atom. The van der Waals surface area contributed by atoms with Gasteiger partial charge in [0.15, 0.2) is 11.5 Å². The van der Waals surface area contributed by atoms with Crippen molar-refractivity contribution < 1.29 is 9.47 Å². The van der Waals surface area contributed by atoms with E-state index in [-0.39, 0.29) is 0 Å². The molecule has 1 N–H and O–H groups in total. The molecular weight excluding hydrogens is 488 g/mol. The van der Waals surface area contributed by atoms with Gasteiger partial charge in [-0.1, -0.05) is 41.9 Å². The van der Waals surface area contributed by atoms with Crippen LogP contribution in [0.3, 0.4) is 0 Å². The molecule has 6 heteroatoms. The summed E-state index contributed by atoms with van der Waals surface area (Å²) in [5.74, 6) is 1.40. The van der Waals surface area contributed by atoms with E-state index in [1.54, 1.807) is 7.11 Å². The van der Waals surface area contributed by atoms with E-state index in [0.717, 1.165) is 45.1 Å². The van der Waals surface area contributed by atoms with Crippen molar-refractivity contribution in [2.24, 2.45) is 0 Å². The lowest BCUT2D eigenvalue weighted by Gasteiger charge is -2.29. The minimum atomic E-state index is 0.481. The number of ether oxygens (including phenoxy) is 2. The molecule has 4 rings (SSSR count). The van der Waals surface area contributed by atoms with Gasteiger partial charge >= 0.3 is 0 Å². The Morgan fingerprint density at radius 1 is 0.969 bits per heavy atom. The summed E-state index contributed by atoms with van der Waals surface area (Å²) in [6.07, 6.45) is 3.78. The molecule has 1 aliphatic rings. The minimum Gasteiger partial charge on any atom is -0.493 e. The molecule has 4 nitrogen and oxygen atoms in total. The summed E-state index contributed by atoms with van der Waals surface area (Å²) in [4.78, 5) is 2.38. The average Bonchev–Trinajstić information content (AvgIpc) is 2.83. The minimum absolute atomic E-state index is 0.481. The third kappa shape index (κ3) is 5.70. The van der Waals surface area contributed by atoms with Gasteiger partial charge in [0.05, 0.1) is 22.3 Å². The molecule has 0 aromatic heterocycles. The van der Waals surface area contributed by atoms with Crippen LogP contribution in [0.25, 0.3) is 0 Å². The predicted octanol–water partition coefficient (Wildman–Crippen LogP) is 7.29. The van der Waals surface area contributed by atoms with Crippen molar-refractivity contribution in [2.75, 3.05) is 30.4 Å². The summed E-state index contributed by atoms with van der Waals surface area (Å²) in [5.41, 5.74) is 4.31. The van der Waals surface area contributed by atoms with E-state index in [1.807, 2.05) is 42.5 Å². The van der Waals surface area contributed by atoms with Gasteiger partial charge in [0, 0.05) is 25.3 Å². The molecule has 3 aromatic rings. The van der Waals surface area contributed by atoms with Gasteiger partial charge in [-0.2, -0.15) is 0 Å². The lowest BCUT2D eigenvalue weighted by molar-refractivity contribution is 0.282. The zero-order valence-electron chi connectivity index (χ0n) is 18.2. The normalized spacial score (nSPS) is 13.7. The molecule has 168 valence electrons. The summed E-state index contributed by atoms with van der Waals surface area (Å²) in [6.45, 7) is 3.29. The fourth-order valence-corrected chi connectivity index (χ4v) is 4.86. The number of halogens is 2. The van der Waals surface area contributed by atoms with E-state index in [9.17, 15) is 0 Å². The summed E-state index contributed by atoms with van der Waals surface area (Å²) in [5, 5.41) is 4.26. The van der Waals surface area contributed by atoms with Crippen LogP contribution >= 0.6 is 27.5 Å². The van der Waals surface area contributed by atoms with Gasteiger partial charge in [-0.3, -0.25) is 0 Å². The van der Waals surface area contributed by atoms with Crippen LogP contribution in [0.2, 0.25) is 5.02 Å². The first-order valence-electron chi connectivity index (χ1n) is 11.0. The Morgan fingerprint density at radius 3 is 2.47 bits per heavy atom. The van der Waals surface area contributed by atoms with E-state index in [2.05, 4.69) is 44.3 Å². The molecule has 1 aliphatic heterocycles. The van der Waals surface area contributed by atoms with E-state index < -0.39 is 0 Å². The fourth-order valence-electron chi connectivity index (χ4n) is 3.96. The molecule has 1 fully saturated rings. The average molecular weight is 516 g/mol. The second-order valence-electron chi connectivity index (χ2n) is 7.95. The van der Waals surface area contributed by atoms with Crippen molar-refractivity contribution >= 4 is 38.9 Å². The molecule has 1 saturated heterocycles. The molecule has 3 aromatic carbocycles. The SMILES string of the molecule is COc1cc(CNc2ccc(N3CCCCC3)c(Cl)c2)cc(Br)c1OCc1ccccc1. The molecular formula is C26H28BrClN2O2. The van der Waals surface area contributed by atoms with Crippen LogP contribution in [0.15, 0.2) is 65.1 Å². The highest BCUT2D eigenvalue weighted by Crippen LogP contribution is 2.37. The lowest BCUT2D eigenvalue weighted by atomic mass is 10.1. The van der Waals surface area contributed by atoms with E-state index in [1.165, 1.54) is 19.3 Å². The standard InChI is InChI=1S/C26H28BrClN2O2/c1-31-25-15-20(14-22(27)26(25)32-18-19-8-4-2-5-9-19)17-29-21-10-11-24(23(28)16-21)30-12-6-3-7-13-30/h2,4-5,8-11,14-16,29H,3,6-7,12-13,17-18H2,1H3. The van der Waals surface area contributed by atoms with Crippen LogP contribution in [-0.2, 0) is 13.2 Å². The Kier molecular flexibility index (Phi) is 7.82. The first-order chi connectivity index (χ1) is 15.6. The Labute approximate surface area is 203 Å². The maximum Gasteiger partial charge on any atom is 0.175 e. The molecule has 0 unspecified atom stereocenters. The highest BCUT2D eigenvalue weighted by atomic mass is 79.9. The lowest BCUT2D eigenvalue weighted by Crippen LogP contribution is -2.29. The van der Waals surface area contributed by atoms with Crippen molar-refractivity contribution in [3.63, 3.8) is 0 Å². The Balaban J connectivity index is 1.42. The van der Waals surface area contributed by atoms with Crippen LogP contribution in [0.4, 0.5) is 11.4 Å². The first-order valence-corrected chi connectivity index (χ1v) is 12.1. The quantitative estimate of drug-likeness (QED) is 0.341. The van der Waals surface area contributed by atoms with Crippen LogP contribution in [0.5, 0.6) is 11.5 Å². The van der Waals surface area contributed by atoms with Crippen molar-refractivity contribution in [3.8, 4) is 11.5 Å². The maximum absolute atomic E-state index is 6.60. The zero-order chi connectivity index (χ0) is 22.3. The van der Waals surface area contributed by atoms with Crippen molar-refractivity contribution in [3.05, 3.63) is 81.3 Å². The van der Waals surface area contributed by atoms with E-state index in [0.29, 0.717) is 24.7 Å². The predicted molar refractivity (Wildman–Crippen MR) is 136 cm³/mol. The van der Waals surface area contributed by atoms with E-state index >= 15 is 0 Å². The topological polar surface area (TPSA) is 33.7 Å². The molecule has 0 radical (unpaired) electrons. The molecule has 0 amide bonds. The van der Waals surface area contributed by atoms with Crippen molar-refractivity contribution in [1.29, 1.82) is 0 Å². The van der Waals surface area contributed by atoms with Gasteiger partial charge in [-0.15, -0.1) is 0 Å². The van der Waals surface area contributed by atoms with Crippen LogP contribution in [0.1, 0.15) is 30.4 Å². The van der Waals surface area contributed by atoms with Gasteiger partial charge in [0.1, 0.15) is 6.61 Å². The number of anilines is 2. The number of hydrogen-bond donors (Lipinski definition) is 1. The number of rotatable bonds is 8. The third-order valence-corrected chi connectivity index (χ3v) is 6.55. The molecule has 32 heavy (non-hydrogen) atoms. The second kappa shape index (κ2) is 11.0. The number of hydrogen-bond acceptors (Lipinski definition) is 4. The summed E-state index contributed by atoms with van der Waals surface area (Å²) >= 11 is 10.2. The monoisotopic (exact) mass is 514 g/mol. The second-order valence-corrected chi connectivity index (χ2v) is 9.21. The van der Waals surface area contributed by atoms with Gasteiger partial charge in [-0.25, -0.2) is 0 Å². The fraction of sp³-hybridized carbons (Fsp3) is 0.308.